The number of hydrogen-bond acceptors (Lipinski definition) is 4. The Morgan fingerprint density at radius 3 is 2.25 bits per heavy atom. The van der Waals surface area contributed by atoms with E-state index in [9.17, 15) is 14.7 Å². The molecule has 0 aromatic rings. The first kappa shape index (κ1) is 19.1. The summed E-state index contributed by atoms with van der Waals surface area (Å²) in [4.78, 5) is 22.6. The van der Waals surface area contributed by atoms with Crippen LogP contribution in [0.4, 0.5) is 4.79 Å². The van der Waals surface area contributed by atoms with Gasteiger partial charge in [-0.3, -0.25) is 0 Å². The number of carboxylic acid groups (broad SMARTS) is 1. The lowest BCUT2D eigenvalue weighted by molar-refractivity contribution is -0.308. The van der Waals surface area contributed by atoms with Gasteiger partial charge in [0.1, 0.15) is 0 Å². The molecule has 0 rings (SSSR count). The third-order valence-corrected chi connectivity index (χ3v) is 3.64. The van der Waals surface area contributed by atoms with Crippen molar-refractivity contribution in [1.29, 1.82) is 0 Å². The molecule has 118 valence electrons. The average molecular weight is 303 g/mol. The first-order valence-electron chi connectivity index (χ1n) is 7.13. The fraction of sp³-hybridized carbons (Fsp3) is 0.857. The summed E-state index contributed by atoms with van der Waals surface area (Å²) >= 11 is 1.54. The van der Waals surface area contributed by atoms with Crippen molar-refractivity contribution in [3.05, 3.63) is 0 Å². The van der Waals surface area contributed by atoms with Gasteiger partial charge in [0, 0.05) is 6.04 Å². The van der Waals surface area contributed by atoms with Crippen LogP contribution in [-0.4, -0.2) is 36.1 Å². The van der Waals surface area contributed by atoms with Crippen LogP contribution in [0.15, 0.2) is 0 Å². The highest BCUT2D eigenvalue weighted by molar-refractivity contribution is 7.98. The average Bonchev–Trinajstić information content (AvgIpc) is 2.33. The maximum Gasteiger partial charge on any atom is 0.315 e. The minimum atomic E-state index is -1.23. The molecule has 0 aliphatic carbocycles. The summed E-state index contributed by atoms with van der Waals surface area (Å²) in [7, 11) is 0. The summed E-state index contributed by atoms with van der Waals surface area (Å²) in [5.74, 6) is 0.0924. The molecule has 0 fully saturated rings. The van der Waals surface area contributed by atoms with Gasteiger partial charge in [0.15, 0.2) is 0 Å². The van der Waals surface area contributed by atoms with Crippen molar-refractivity contribution in [2.45, 2.75) is 58.5 Å². The number of nitrogens with one attached hydrogen (secondary N) is 2. The van der Waals surface area contributed by atoms with Gasteiger partial charge >= 0.3 is 6.03 Å². The van der Waals surface area contributed by atoms with Crippen LogP contribution < -0.4 is 15.7 Å². The molecule has 2 N–H and O–H groups in total. The van der Waals surface area contributed by atoms with Crippen molar-refractivity contribution in [2.24, 2.45) is 5.92 Å². The number of carbonyl (C=O) groups is 2. The fourth-order valence-corrected chi connectivity index (χ4v) is 2.28. The summed E-state index contributed by atoms with van der Waals surface area (Å²) in [6.45, 7) is 6.26. The highest BCUT2D eigenvalue weighted by Gasteiger charge is 2.14. The summed E-state index contributed by atoms with van der Waals surface area (Å²) in [5.41, 5.74) is 0. The molecule has 0 aliphatic rings. The molecule has 0 saturated carbocycles. The maximum atomic E-state index is 11.7. The number of aliphatic carboxylic acids is 1. The lowest BCUT2D eigenvalue weighted by atomic mass is 10.0. The molecule has 0 aromatic heterocycles. The first-order valence-corrected chi connectivity index (χ1v) is 8.53. The molecule has 0 spiro atoms. The van der Waals surface area contributed by atoms with Crippen molar-refractivity contribution in [1.82, 2.24) is 10.6 Å². The van der Waals surface area contributed by atoms with Crippen LogP contribution in [0.2, 0.25) is 0 Å². The Bertz CT molecular complexity index is 298. The van der Waals surface area contributed by atoms with Crippen molar-refractivity contribution >= 4 is 23.8 Å². The van der Waals surface area contributed by atoms with Gasteiger partial charge in [-0.1, -0.05) is 26.7 Å². The molecule has 0 unspecified atom stereocenters. The number of urea groups is 1. The van der Waals surface area contributed by atoms with Crippen LogP contribution in [0.1, 0.15) is 46.5 Å². The zero-order chi connectivity index (χ0) is 15.5. The fourth-order valence-electron chi connectivity index (χ4n) is 1.81. The second-order valence-electron chi connectivity index (χ2n) is 5.50. The third-order valence-electron chi connectivity index (χ3n) is 3.00. The van der Waals surface area contributed by atoms with Crippen LogP contribution in [0.3, 0.4) is 0 Å². The minimum Gasteiger partial charge on any atom is -0.548 e. The van der Waals surface area contributed by atoms with Gasteiger partial charge in [0.05, 0.1) is 12.0 Å². The van der Waals surface area contributed by atoms with Gasteiger partial charge < -0.3 is 20.5 Å². The number of amides is 2. The summed E-state index contributed by atoms with van der Waals surface area (Å²) in [6, 6.07) is -1.32. The Labute approximate surface area is 126 Å². The van der Waals surface area contributed by atoms with Gasteiger partial charge in [-0.25, -0.2) is 4.79 Å². The topological polar surface area (TPSA) is 81.3 Å². The van der Waals surface area contributed by atoms with Crippen LogP contribution in [0.25, 0.3) is 0 Å². The predicted molar refractivity (Wildman–Crippen MR) is 81.6 cm³/mol. The molecule has 0 aromatic carbocycles. The lowest BCUT2D eigenvalue weighted by Crippen LogP contribution is -2.52. The van der Waals surface area contributed by atoms with Gasteiger partial charge in [-0.15, -0.1) is 0 Å². The SMILES string of the molecule is CSCC[C@H](NC(=O)N[C@H](C)CCCC(C)C)C(=O)[O-]. The van der Waals surface area contributed by atoms with Crippen LogP contribution in [0, 0.1) is 5.92 Å². The van der Waals surface area contributed by atoms with Crippen molar-refractivity contribution in [3.8, 4) is 0 Å². The second kappa shape index (κ2) is 10.8. The minimum absolute atomic E-state index is 0.0386. The molecular formula is C14H27N2O3S-. The highest BCUT2D eigenvalue weighted by atomic mass is 32.2. The number of carbonyl (C=O) groups excluding carboxylic acids is 2. The number of carboxylic acids is 1. The van der Waals surface area contributed by atoms with E-state index in [1.54, 1.807) is 0 Å². The number of thioether (sulfide) groups is 1. The van der Waals surface area contributed by atoms with E-state index < -0.39 is 18.0 Å². The molecule has 0 heterocycles. The van der Waals surface area contributed by atoms with E-state index in [-0.39, 0.29) is 6.04 Å². The Hall–Kier alpha value is -0.910. The van der Waals surface area contributed by atoms with Gasteiger partial charge in [0.2, 0.25) is 0 Å². The molecule has 20 heavy (non-hydrogen) atoms. The molecule has 5 nitrogen and oxygen atoms in total. The van der Waals surface area contributed by atoms with Crippen LogP contribution in [0.5, 0.6) is 0 Å². The summed E-state index contributed by atoms with van der Waals surface area (Å²) in [6.07, 6.45) is 5.34. The quantitative estimate of drug-likeness (QED) is 0.639. The Balaban J connectivity index is 4.01. The zero-order valence-electron chi connectivity index (χ0n) is 12.9. The van der Waals surface area contributed by atoms with E-state index in [1.807, 2.05) is 13.2 Å². The second-order valence-corrected chi connectivity index (χ2v) is 6.48. The molecule has 0 saturated heterocycles. The Morgan fingerprint density at radius 1 is 1.10 bits per heavy atom. The third kappa shape index (κ3) is 9.95. The van der Waals surface area contributed by atoms with Crippen LogP contribution in [-0.2, 0) is 4.79 Å². The standard InChI is InChI=1S/C14H28N2O3S/c1-10(2)6-5-7-11(3)15-14(19)16-12(13(17)18)8-9-20-4/h10-12H,5-9H2,1-4H3,(H,17,18)(H2,15,16,19)/p-1/t11-,12+/m1/s1. The number of rotatable bonds is 10. The zero-order valence-corrected chi connectivity index (χ0v) is 13.7. The van der Waals surface area contributed by atoms with Gasteiger partial charge in [-0.2, -0.15) is 11.8 Å². The normalized spacial score (nSPS) is 13.8. The maximum absolute atomic E-state index is 11.7. The summed E-state index contributed by atoms with van der Waals surface area (Å²) in [5, 5.41) is 16.1. The summed E-state index contributed by atoms with van der Waals surface area (Å²) < 4.78 is 0. The first-order chi connectivity index (χ1) is 9.36. The monoisotopic (exact) mass is 303 g/mol. The molecular weight excluding hydrogens is 276 g/mol. The molecule has 6 heteroatoms. The highest BCUT2D eigenvalue weighted by Crippen LogP contribution is 2.08. The van der Waals surface area contributed by atoms with Gasteiger partial charge in [-0.05, 0) is 37.7 Å². The van der Waals surface area contributed by atoms with E-state index in [0.29, 0.717) is 18.1 Å². The van der Waals surface area contributed by atoms with Crippen molar-refractivity contribution < 1.29 is 14.7 Å². The van der Waals surface area contributed by atoms with Gasteiger partial charge in [0.25, 0.3) is 0 Å². The van der Waals surface area contributed by atoms with Crippen molar-refractivity contribution in [3.63, 3.8) is 0 Å². The van der Waals surface area contributed by atoms with Crippen molar-refractivity contribution in [2.75, 3.05) is 12.0 Å². The Kier molecular flexibility index (Phi) is 10.3. The molecule has 0 aliphatic heterocycles. The molecule has 0 bridgehead atoms. The van der Waals surface area contributed by atoms with E-state index in [4.69, 9.17) is 0 Å². The van der Waals surface area contributed by atoms with E-state index in [2.05, 4.69) is 24.5 Å². The van der Waals surface area contributed by atoms with Crippen LogP contribution >= 0.6 is 11.8 Å². The molecule has 0 radical (unpaired) electrons. The molecule has 2 amide bonds. The predicted octanol–water partition coefficient (Wildman–Crippen LogP) is 1.37. The molecule has 2 atom stereocenters. The smallest absolute Gasteiger partial charge is 0.315 e. The van der Waals surface area contributed by atoms with E-state index in [1.165, 1.54) is 11.8 Å². The Morgan fingerprint density at radius 2 is 1.75 bits per heavy atom. The lowest BCUT2D eigenvalue weighted by Gasteiger charge is -2.21. The number of hydrogen-bond donors (Lipinski definition) is 2. The van der Waals surface area contributed by atoms with E-state index in [0.717, 1.165) is 19.3 Å². The largest absolute Gasteiger partial charge is 0.548 e. The van der Waals surface area contributed by atoms with E-state index >= 15 is 0 Å².